The van der Waals surface area contributed by atoms with Gasteiger partial charge in [0, 0.05) is 6.54 Å². The average Bonchev–Trinajstić information content (AvgIpc) is 2.77. The van der Waals surface area contributed by atoms with Gasteiger partial charge in [-0.15, -0.1) is 0 Å². The zero-order valence-electron chi connectivity index (χ0n) is 10.7. The van der Waals surface area contributed by atoms with Gasteiger partial charge in [0.05, 0.1) is 6.04 Å². The summed E-state index contributed by atoms with van der Waals surface area (Å²) in [6, 6.07) is 7.40. The number of sulfonamides is 1. The predicted molar refractivity (Wildman–Crippen MR) is 71.3 cm³/mol. The molecule has 104 valence electrons. The van der Waals surface area contributed by atoms with Crippen LogP contribution in [0.1, 0.15) is 30.0 Å². The van der Waals surface area contributed by atoms with Gasteiger partial charge in [-0.2, -0.15) is 4.31 Å². The molecule has 2 rings (SSSR count). The van der Waals surface area contributed by atoms with Crippen LogP contribution >= 0.6 is 0 Å². The van der Waals surface area contributed by atoms with E-state index in [1.165, 1.54) is 4.31 Å². The van der Waals surface area contributed by atoms with E-state index in [-0.39, 0.29) is 6.04 Å². The molecular weight excluding hydrogens is 266 g/mol. The lowest BCUT2D eigenvalue weighted by Gasteiger charge is -2.24. The molecule has 0 aliphatic carbocycles. The van der Waals surface area contributed by atoms with Crippen LogP contribution in [-0.4, -0.2) is 36.1 Å². The minimum Gasteiger partial charge on any atom is -0.480 e. The number of hydrogen-bond donors (Lipinski definition) is 1. The number of carboxylic acid groups (broad SMARTS) is 1. The molecule has 0 saturated carbocycles. The maximum atomic E-state index is 12.1. The molecule has 1 saturated heterocycles. The van der Waals surface area contributed by atoms with Crippen molar-refractivity contribution in [2.45, 2.75) is 25.8 Å². The van der Waals surface area contributed by atoms with Crippen LogP contribution in [0.5, 0.6) is 0 Å². The van der Waals surface area contributed by atoms with E-state index in [2.05, 4.69) is 0 Å². The van der Waals surface area contributed by atoms with Crippen molar-refractivity contribution in [1.29, 1.82) is 0 Å². The SMILES string of the molecule is Cc1ccccc1C1CCCN1S(=O)(=O)CC(=O)O. The molecule has 6 heteroatoms. The van der Waals surface area contributed by atoms with Crippen LogP contribution in [0, 0.1) is 6.92 Å². The van der Waals surface area contributed by atoms with Gasteiger partial charge in [0.15, 0.2) is 5.75 Å². The molecular formula is C13H17NO4S. The third kappa shape index (κ3) is 2.96. The van der Waals surface area contributed by atoms with Crippen molar-refractivity contribution in [1.82, 2.24) is 4.31 Å². The lowest BCUT2D eigenvalue weighted by molar-refractivity contribution is -0.134. The average molecular weight is 283 g/mol. The van der Waals surface area contributed by atoms with Crippen molar-refractivity contribution >= 4 is 16.0 Å². The van der Waals surface area contributed by atoms with E-state index in [0.717, 1.165) is 24.0 Å². The normalized spacial score (nSPS) is 20.6. The number of aliphatic carboxylic acids is 1. The molecule has 1 atom stereocenters. The number of carbonyl (C=O) groups is 1. The first-order chi connectivity index (χ1) is 8.92. The van der Waals surface area contributed by atoms with Crippen molar-refractivity contribution < 1.29 is 18.3 Å². The third-order valence-electron chi connectivity index (χ3n) is 3.41. The molecule has 0 radical (unpaired) electrons. The second-order valence-corrected chi connectivity index (χ2v) is 6.70. The summed E-state index contributed by atoms with van der Waals surface area (Å²) in [7, 11) is -3.74. The van der Waals surface area contributed by atoms with E-state index >= 15 is 0 Å². The molecule has 1 fully saturated rings. The Morgan fingerprint density at radius 3 is 2.74 bits per heavy atom. The fourth-order valence-corrected chi connectivity index (χ4v) is 4.08. The summed E-state index contributed by atoms with van der Waals surface area (Å²) in [6.45, 7) is 2.34. The number of carboxylic acids is 1. The van der Waals surface area contributed by atoms with Crippen molar-refractivity contribution in [2.24, 2.45) is 0 Å². The topological polar surface area (TPSA) is 74.7 Å². The number of benzene rings is 1. The van der Waals surface area contributed by atoms with Crippen LogP contribution in [0.2, 0.25) is 0 Å². The molecule has 1 heterocycles. The molecule has 1 aliphatic heterocycles. The van der Waals surface area contributed by atoms with Gasteiger partial charge in [-0.05, 0) is 30.9 Å². The Morgan fingerprint density at radius 2 is 2.11 bits per heavy atom. The fourth-order valence-electron chi connectivity index (χ4n) is 2.58. The van der Waals surface area contributed by atoms with E-state index in [4.69, 9.17) is 5.11 Å². The quantitative estimate of drug-likeness (QED) is 0.909. The lowest BCUT2D eigenvalue weighted by Crippen LogP contribution is -2.35. The largest absolute Gasteiger partial charge is 0.480 e. The monoisotopic (exact) mass is 283 g/mol. The molecule has 1 aliphatic rings. The molecule has 1 unspecified atom stereocenters. The summed E-state index contributed by atoms with van der Waals surface area (Å²) in [6.07, 6.45) is 1.50. The summed E-state index contributed by atoms with van der Waals surface area (Å²) in [4.78, 5) is 10.7. The lowest BCUT2D eigenvalue weighted by atomic mass is 10.0. The summed E-state index contributed by atoms with van der Waals surface area (Å²) >= 11 is 0. The molecule has 1 N–H and O–H groups in total. The number of rotatable bonds is 4. The Bertz CT molecular complexity index is 582. The predicted octanol–water partition coefficient (Wildman–Crippen LogP) is 1.55. The second kappa shape index (κ2) is 5.30. The first kappa shape index (κ1) is 14.0. The van der Waals surface area contributed by atoms with Gasteiger partial charge >= 0.3 is 5.97 Å². The van der Waals surface area contributed by atoms with Gasteiger partial charge in [0.1, 0.15) is 0 Å². The van der Waals surface area contributed by atoms with Crippen molar-refractivity contribution in [3.05, 3.63) is 35.4 Å². The van der Waals surface area contributed by atoms with Gasteiger partial charge in [0.25, 0.3) is 0 Å². The highest BCUT2D eigenvalue weighted by molar-refractivity contribution is 7.89. The first-order valence-electron chi connectivity index (χ1n) is 6.18. The highest BCUT2D eigenvalue weighted by Crippen LogP contribution is 2.35. The van der Waals surface area contributed by atoms with Crippen LogP contribution in [-0.2, 0) is 14.8 Å². The Hall–Kier alpha value is -1.40. The van der Waals surface area contributed by atoms with Crippen LogP contribution in [0.25, 0.3) is 0 Å². The summed E-state index contributed by atoms with van der Waals surface area (Å²) in [5.74, 6) is -2.15. The Morgan fingerprint density at radius 1 is 1.42 bits per heavy atom. The van der Waals surface area contributed by atoms with Crippen molar-refractivity contribution in [3.63, 3.8) is 0 Å². The highest BCUT2D eigenvalue weighted by atomic mass is 32.2. The fraction of sp³-hybridized carbons (Fsp3) is 0.462. The zero-order chi connectivity index (χ0) is 14.0. The molecule has 1 aromatic carbocycles. The van der Waals surface area contributed by atoms with E-state index in [1.54, 1.807) is 0 Å². The number of nitrogens with zero attached hydrogens (tertiary/aromatic N) is 1. The first-order valence-corrected chi connectivity index (χ1v) is 7.79. The van der Waals surface area contributed by atoms with Gasteiger partial charge < -0.3 is 5.11 Å². The van der Waals surface area contributed by atoms with Crippen LogP contribution in [0.15, 0.2) is 24.3 Å². The van der Waals surface area contributed by atoms with Crippen molar-refractivity contribution in [2.75, 3.05) is 12.3 Å². The standard InChI is InChI=1S/C13H17NO4S/c1-10-5-2-3-6-11(10)12-7-4-8-14(12)19(17,18)9-13(15)16/h2-3,5-6,12H,4,7-9H2,1H3,(H,15,16). The smallest absolute Gasteiger partial charge is 0.320 e. The molecule has 19 heavy (non-hydrogen) atoms. The summed E-state index contributed by atoms with van der Waals surface area (Å²) in [5, 5.41) is 8.72. The Balaban J connectivity index is 2.32. The van der Waals surface area contributed by atoms with Crippen LogP contribution < -0.4 is 0 Å². The van der Waals surface area contributed by atoms with Crippen molar-refractivity contribution in [3.8, 4) is 0 Å². The molecule has 0 bridgehead atoms. The van der Waals surface area contributed by atoms with E-state index in [9.17, 15) is 13.2 Å². The number of hydrogen-bond acceptors (Lipinski definition) is 3. The van der Waals surface area contributed by atoms with Gasteiger partial charge in [-0.25, -0.2) is 8.42 Å². The molecule has 0 aromatic heterocycles. The van der Waals surface area contributed by atoms with E-state index in [1.807, 2.05) is 31.2 Å². The maximum Gasteiger partial charge on any atom is 0.320 e. The minimum absolute atomic E-state index is 0.231. The van der Waals surface area contributed by atoms with Gasteiger partial charge in [-0.3, -0.25) is 4.79 Å². The summed E-state index contributed by atoms with van der Waals surface area (Å²) in [5.41, 5.74) is 2.00. The molecule has 0 amide bonds. The molecule has 1 aromatic rings. The van der Waals surface area contributed by atoms with E-state index < -0.39 is 21.7 Å². The minimum atomic E-state index is -3.74. The van der Waals surface area contributed by atoms with E-state index in [0.29, 0.717) is 6.54 Å². The number of aryl methyl sites for hydroxylation is 1. The Labute approximate surface area is 112 Å². The zero-order valence-corrected chi connectivity index (χ0v) is 11.6. The van der Waals surface area contributed by atoms with Crippen LogP contribution in [0.3, 0.4) is 0 Å². The summed E-state index contributed by atoms with van der Waals surface area (Å²) < 4.78 is 25.5. The Kier molecular flexibility index (Phi) is 3.91. The van der Waals surface area contributed by atoms with Gasteiger partial charge in [0.2, 0.25) is 10.0 Å². The second-order valence-electron chi connectivity index (χ2n) is 4.78. The highest BCUT2D eigenvalue weighted by Gasteiger charge is 2.36. The third-order valence-corrected chi connectivity index (χ3v) is 5.18. The van der Waals surface area contributed by atoms with Gasteiger partial charge in [-0.1, -0.05) is 24.3 Å². The van der Waals surface area contributed by atoms with Crippen LogP contribution in [0.4, 0.5) is 0 Å². The maximum absolute atomic E-state index is 12.1. The molecule has 5 nitrogen and oxygen atoms in total. The molecule has 0 spiro atoms.